The van der Waals surface area contributed by atoms with E-state index in [9.17, 15) is 13.2 Å². The van der Waals surface area contributed by atoms with Gasteiger partial charge < -0.3 is 4.74 Å². The van der Waals surface area contributed by atoms with Gasteiger partial charge in [0.1, 0.15) is 0 Å². The lowest BCUT2D eigenvalue weighted by molar-refractivity contribution is 0.0600. The van der Waals surface area contributed by atoms with Crippen LogP contribution in [0.4, 0.5) is 0 Å². The van der Waals surface area contributed by atoms with E-state index in [0.29, 0.717) is 6.42 Å². The third kappa shape index (κ3) is 4.46. The molecular formula is C19H23NO4S. The van der Waals surface area contributed by atoms with Gasteiger partial charge in [0.25, 0.3) is 0 Å². The third-order valence-corrected chi connectivity index (χ3v) is 5.67. The highest BCUT2D eigenvalue weighted by Crippen LogP contribution is 2.23. The average Bonchev–Trinajstić information content (AvgIpc) is 2.61. The van der Waals surface area contributed by atoms with E-state index < -0.39 is 16.0 Å². The number of benzene rings is 2. The minimum absolute atomic E-state index is 0.0395. The number of sulfonamides is 1. The van der Waals surface area contributed by atoms with Crippen LogP contribution in [0.3, 0.4) is 0 Å². The quantitative estimate of drug-likeness (QED) is 0.799. The number of hydrogen-bond donors (Lipinski definition) is 1. The second-order valence-corrected chi connectivity index (χ2v) is 7.66. The summed E-state index contributed by atoms with van der Waals surface area (Å²) in [6.07, 6.45) is 0.610. The molecule has 0 bridgehead atoms. The van der Waals surface area contributed by atoms with Gasteiger partial charge in [-0.2, -0.15) is 0 Å². The van der Waals surface area contributed by atoms with Crippen molar-refractivity contribution in [2.75, 3.05) is 7.11 Å². The molecule has 2 aromatic carbocycles. The molecule has 0 saturated heterocycles. The van der Waals surface area contributed by atoms with Crippen molar-refractivity contribution in [2.24, 2.45) is 0 Å². The number of carbonyl (C=O) groups is 1. The maximum absolute atomic E-state index is 12.7. The summed E-state index contributed by atoms with van der Waals surface area (Å²) in [5.41, 5.74) is 3.39. The Balaban J connectivity index is 2.32. The number of aryl methyl sites for hydroxylation is 2. The second-order valence-electron chi connectivity index (χ2n) is 5.95. The van der Waals surface area contributed by atoms with Crippen molar-refractivity contribution in [2.45, 2.75) is 38.1 Å². The fourth-order valence-electron chi connectivity index (χ4n) is 2.53. The molecule has 1 N–H and O–H groups in total. The Hall–Kier alpha value is -2.18. The molecule has 0 saturated carbocycles. The molecule has 0 heterocycles. The van der Waals surface area contributed by atoms with Crippen LogP contribution in [0.1, 0.15) is 46.4 Å². The zero-order valence-corrected chi connectivity index (χ0v) is 15.7. The van der Waals surface area contributed by atoms with E-state index >= 15 is 0 Å². The van der Waals surface area contributed by atoms with Crippen LogP contribution in [0, 0.1) is 13.8 Å². The molecule has 134 valence electrons. The molecular weight excluding hydrogens is 338 g/mol. The van der Waals surface area contributed by atoms with Gasteiger partial charge in [0.15, 0.2) is 0 Å². The maximum atomic E-state index is 12.7. The SMILES string of the molecule is CCC(NS(=O)(=O)c1cccc(C(=O)OC)c1)c1ccc(C)c(C)c1. The normalized spacial score (nSPS) is 12.6. The lowest BCUT2D eigenvalue weighted by Crippen LogP contribution is -2.28. The monoisotopic (exact) mass is 361 g/mol. The van der Waals surface area contributed by atoms with Crippen LogP contribution in [0.15, 0.2) is 47.4 Å². The highest BCUT2D eigenvalue weighted by atomic mass is 32.2. The number of carbonyl (C=O) groups excluding carboxylic acids is 1. The molecule has 1 unspecified atom stereocenters. The van der Waals surface area contributed by atoms with E-state index in [0.717, 1.165) is 16.7 Å². The fraction of sp³-hybridized carbons (Fsp3) is 0.316. The van der Waals surface area contributed by atoms with E-state index in [1.807, 2.05) is 39.0 Å². The number of esters is 1. The van der Waals surface area contributed by atoms with Crippen molar-refractivity contribution in [1.82, 2.24) is 4.72 Å². The number of rotatable bonds is 6. The maximum Gasteiger partial charge on any atom is 0.337 e. The molecule has 0 aliphatic carbocycles. The van der Waals surface area contributed by atoms with Gasteiger partial charge in [-0.25, -0.2) is 17.9 Å². The minimum atomic E-state index is -3.76. The Morgan fingerprint density at radius 3 is 2.44 bits per heavy atom. The summed E-state index contributed by atoms with van der Waals surface area (Å²) in [6, 6.07) is 11.4. The van der Waals surface area contributed by atoms with Crippen LogP contribution < -0.4 is 4.72 Å². The van der Waals surface area contributed by atoms with Gasteiger partial charge in [0.05, 0.1) is 17.6 Å². The predicted octanol–water partition coefficient (Wildman–Crippen LogP) is 3.52. The minimum Gasteiger partial charge on any atom is -0.465 e. The average molecular weight is 361 g/mol. The lowest BCUT2D eigenvalue weighted by Gasteiger charge is -2.19. The summed E-state index contributed by atoms with van der Waals surface area (Å²) in [4.78, 5) is 11.7. The largest absolute Gasteiger partial charge is 0.465 e. The van der Waals surface area contributed by atoms with Crippen molar-refractivity contribution in [3.8, 4) is 0 Å². The Labute approximate surface area is 149 Å². The van der Waals surface area contributed by atoms with Gasteiger partial charge in [-0.05, 0) is 55.2 Å². The second kappa shape index (κ2) is 7.80. The van der Waals surface area contributed by atoms with Crippen LogP contribution in [-0.2, 0) is 14.8 Å². The smallest absolute Gasteiger partial charge is 0.337 e. The summed E-state index contributed by atoms with van der Waals surface area (Å²) in [7, 11) is -2.51. The summed E-state index contributed by atoms with van der Waals surface area (Å²) >= 11 is 0. The summed E-state index contributed by atoms with van der Waals surface area (Å²) in [5.74, 6) is -0.571. The van der Waals surface area contributed by atoms with E-state index in [1.54, 1.807) is 0 Å². The Morgan fingerprint density at radius 2 is 1.84 bits per heavy atom. The van der Waals surface area contributed by atoms with Crippen LogP contribution >= 0.6 is 0 Å². The molecule has 5 nitrogen and oxygen atoms in total. The first kappa shape index (κ1) is 19.1. The predicted molar refractivity (Wildman–Crippen MR) is 97.1 cm³/mol. The van der Waals surface area contributed by atoms with E-state index in [1.165, 1.54) is 31.4 Å². The molecule has 0 spiro atoms. The molecule has 0 amide bonds. The van der Waals surface area contributed by atoms with Gasteiger partial charge in [0.2, 0.25) is 10.0 Å². The third-order valence-electron chi connectivity index (χ3n) is 4.20. The molecule has 2 aromatic rings. The van der Waals surface area contributed by atoms with Crippen molar-refractivity contribution >= 4 is 16.0 Å². The number of nitrogens with one attached hydrogen (secondary N) is 1. The lowest BCUT2D eigenvalue weighted by atomic mass is 10.0. The zero-order chi connectivity index (χ0) is 18.6. The van der Waals surface area contributed by atoms with Crippen molar-refractivity contribution in [3.63, 3.8) is 0 Å². The van der Waals surface area contributed by atoms with Crippen molar-refractivity contribution < 1.29 is 17.9 Å². The molecule has 0 aromatic heterocycles. The first-order valence-corrected chi connectivity index (χ1v) is 9.54. The first-order chi connectivity index (χ1) is 11.8. The van der Waals surface area contributed by atoms with Gasteiger partial charge in [0, 0.05) is 6.04 Å². The number of methoxy groups -OCH3 is 1. The van der Waals surface area contributed by atoms with Crippen LogP contribution in [0.25, 0.3) is 0 Å². The zero-order valence-electron chi connectivity index (χ0n) is 14.9. The molecule has 2 rings (SSSR count). The molecule has 1 atom stereocenters. The van der Waals surface area contributed by atoms with E-state index in [4.69, 9.17) is 0 Å². The number of ether oxygens (including phenoxy) is 1. The van der Waals surface area contributed by atoms with Gasteiger partial charge in [-0.1, -0.05) is 31.2 Å². The molecule has 0 radical (unpaired) electrons. The van der Waals surface area contributed by atoms with E-state index in [-0.39, 0.29) is 16.5 Å². The Kier molecular flexibility index (Phi) is 5.98. The van der Waals surface area contributed by atoms with E-state index in [2.05, 4.69) is 9.46 Å². The van der Waals surface area contributed by atoms with Crippen LogP contribution in [-0.4, -0.2) is 21.5 Å². The van der Waals surface area contributed by atoms with Gasteiger partial charge in [-0.3, -0.25) is 0 Å². The van der Waals surface area contributed by atoms with Crippen molar-refractivity contribution in [3.05, 3.63) is 64.7 Å². The number of hydrogen-bond acceptors (Lipinski definition) is 4. The topological polar surface area (TPSA) is 72.5 Å². The highest BCUT2D eigenvalue weighted by Gasteiger charge is 2.21. The first-order valence-electron chi connectivity index (χ1n) is 8.06. The molecule has 25 heavy (non-hydrogen) atoms. The Morgan fingerprint density at radius 1 is 1.12 bits per heavy atom. The van der Waals surface area contributed by atoms with Crippen LogP contribution in [0.2, 0.25) is 0 Å². The van der Waals surface area contributed by atoms with Gasteiger partial charge >= 0.3 is 5.97 Å². The summed E-state index contributed by atoms with van der Waals surface area (Å²) < 4.78 is 32.8. The molecule has 6 heteroatoms. The van der Waals surface area contributed by atoms with Crippen LogP contribution in [0.5, 0.6) is 0 Å². The molecule has 0 fully saturated rings. The summed E-state index contributed by atoms with van der Waals surface area (Å²) in [5, 5.41) is 0. The standard InChI is InChI=1S/C19H23NO4S/c1-5-18(15-10-9-13(2)14(3)11-15)20-25(22,23)17-8-6-7-16(12-17)19(21)24-4/h6-12,18,20H,5H2,1-4H3. The Bertz CT molecular complexity index is 875. The molecule has 0 aliphatic heterocycles. The highest BCUT2D eigenvalue weighted by molar-refractivity contribution is 7.89. The van der Waals surface area contributed by atoms with Gasteiger partial charge in [-0.15, -0.1) is 0 Å². The summed E-state index contributed by atoms with van der Waals surface area (Å²) in [6.45, 7) is 5.94. The fourth-order valence-corrected chi connectivity index (χ4v) is 3.89. The van der Waals surface area contributed by atoms with Crippen molar-refractivity contribution in [1.29, 1.82) is 0 Å². The molecule has 0 aliphatic rings.